The highest BCUT2D eigenvalue weighted by Gasteiger charge is 2.13. The van der Waals surface area contributed by atoms with Crippen molar-refractivity contribution in [3.8, 4) is 0 Å². The van der Waals surface area contributed by atoms with Crippen LogP contribution < -0.4 is 0 Å². The summed E-state index contributed by atoms with van der Waals surface area (Å²) in [5.74, 6) is 0.275. The molecule has 0 aromatic carbocycles. The van der Waals surface area contributed by atoms with E-state index in [1.54, 1.807) is 23.5 Å². The van der Waals surface area contributed by atoms with Gasteiger partial charge in [0.2, 0.25) is 0 Å². The van der Waals surface area contributed by atoms with Gasteiger partial charge in [-0.1, -0.05) is 12.1 Å². The van der Waals surface area contributed by atoms with Crippen LogP contribution in [0, 0.1) is 0 Å². The monoisotopic (exact) mass is 273 g/mol. The van der Waals surface area contributed by atoms with Crippen molar-refractivity contribution >= 4 is 23.0 Å². The zero-order valence-electron chi connectivity index (χ0n) is 10.2. The van der Waals surface area contributed by atoms with Crippen molar-refractivity contribution in [2.45, 2.75) is 6.42 Å². The van der Waals surface area contributed by atoms with Crippen LogP contribution in [0.4, 0.5) is 0 Å². The third-order valence-corrected chi connectivity index (χ3v) is 3.59. The van der Waals surface area contributed by atoms with Gasteiger partial charge in [-0.25, -0.2) is 14.3 Å². The van der Waals surface area contributed by atoms with Crippen molar-refractivity contribution in [1.82, 2.24) is 14.6 Å². The maximum absolute atomic E-state index is 11.6. The molecule has 0 aliphatic heterocycles. The highest BCUT2D eigenvalue weighted by molar-refractivity contribution is 7.09. The SMILES string of the molecule is COC(=O)c1cccc2nc(Cc3cccs3)nn12. The van der Waals surface area contributed by atoms with Crippen molar-refractivity contribution < 1.29 is 9.53 Å². The predicted molar refractivity (Wildman–Crippen MR) is 71.5 cm³/mol. The lowest BCUT2D eigenvalue weighted by Crippen LogP contribution is -2.08. The van der Waals surface area contributed by atoms with E-state index in [1.807, 2.05) is 23.6 Å². The Balaban J connectivity index is 2.03. The Hall–Kier alpha value is -2.21. The Labute approximate surface area is 113 Å². The van der Waals surface area contributed by atoms with Gasteiger partial charge in [0.05, 0.1) is 7.11 Å². The smallest absolute Gasteiger partial charge is 0.356 e. The van der Waals surface area contributed by atoms with E-state index in [2.05, 4.69) is 10.1 Å². The van der Waals surface area contributed by atoms with Crippen LogP contribution in [0.2, 0.25) is 0 Å². The molecule has 0 spiro atoms. The molecule has 0 N–H and O–H groups in total. The maximum atomic E-state index is 11.6. The van der Waals surface area contributed by atoms with Gasteiger partial charge in [0.25, 0.3) is 0 Å². The molecule has 0 aliphatic rings. The fourth-order valence-corrected chi connectivity index (χ4v) is 2.55. The molecule has 0 radical (unpaired) electrons. The number of esters is 1. The number of carbonyl (C=O) groups is 1. The summed E-state index contributed by atoms with van der Waals surface area (Å²) in [5, 5.41) is 6.39. The van der Waals surface area contributed by atoms with Crippen LogP contribution >= 0.6 is 11.3 Å². The van der Waals surface area contributed by atoms with E-state index in [0.717, 1.165) is 0 Å². The van der Waals surface area contributed by atoms with Crippen LogP contribution in [0.15, 0.2) is 35.7 Å². The third-order valence-electron chi connectivity index (χ3n) is 2.71. The minimum atomic E-state index is -0.418. The predicted octanol–water partition coefficient (Wildman–Crippen LogP) is 2.17. The van der Waals surface area contributed by atoms with Gasteiger partial charge in [-0.15, -0.1) is 11.3 Å². The zero-order valence-corrected chi connectivity index (χ0v) is 11.1. The quantitative estimate of drug-likeness (QED) is 0.686. The Kier molecular flexibility index (Phi) is 3.00. The molecule has 96 valence electrons. The average molecular weight is 273 g/mol. The van der Waals surface area contributed by atoms with Gasteiger partial charge >= 0.3 is 5.97 Å². The molecular formula is C13H11N3O2S. The van der Waals surface area contributed by atoms with E-state index in [9.17, 15) is 4.79 Å². The number of methoxy groups -OCH3 is 1. The Morgan fingerprint density at radius 3 is 3.00 bits per heavy atom. The van der Waals surface area contributed by atoms with Gasteiger partial charge in [0, 0.05) is 11.3 Å². The molecule has 0 unspecified atom stereocenters. The van der Waals surface area contributed by atoms with E-state index >= 15 is 0 Å². The van der Waals surface area contributed by atoms with Crippen molar-refractivity contribution in [1.29, 1.82) is 0 Å². The van der Waals surface area contributed by atoms with Crippen molar-refractivity contribution in [2.75, 3.05) is 7.11 Å². The lowest BCUT2D eigenvalue weighted by molar-refractivity contribution is 0.0591. The van der Waals surface area contributed by atoms with Gasteiger partial charge in [-0.05, 0) is 23.6 Å². The number of pyridine rings is 1. The average Bonchev–Trinajstić information content (AvgIpc) is 3.06. The molecule has 3 rings (SSSR count). The first kappa shape index (κ1) is 11.9. The molecule has 0 atom stereocenters. The van der Waals surface area contributed by atoms with Crippen LogP contribution in [-0.2, 0) is 11.2 Å². The molecule has 0 aliphatic carbocycles. The third kappa shape index (κ3) is 2.22. The molecule has 3 heterocycles. The number of carbonyl (C=O) groups excluding carboxylic acids is 1. The first-order valence-corrected chi connectivity index (χ1v) is 6.61. The van der Waals surface area contributed by atoms with Crippen LogP contribution in [0.25, 0.3) is 5.65 Å². The Morgan fingerprint density at radius 2 is 2.26 bits per heavy atom. The summed E-state index contributed by atoms with van der Waals surface area (Å²) in [6.45, 7) is 0. The van der Waals surface area contributed by atoms with Gasteiger partial charge < -0.3 is 4.74 Å². The standard InChI is InChI=1S/C13H11N3O2S/c1-18-13(17)10-5-2-6-12-14-11(15-16(10)12)8-9-4-3-7-19-9/h2-7H,8H2,1H3. The number of hydrogen-bond donors (Lipinski definition) is 0. The fraction of sp³-hybridized carbons (Fsp3) is 0.154. The summed E-state index contributed by atoms with van der Waals surface area (Å²) < 4.78 is 6.26. The van der Waals surface area contributed by atoms with E-state index in [-0.39, 0.29) is 0 Å². The molecule has 0 fully saturated rings. The number of fused-ring (bicyclic) bond motifs is 1. The van der Waals surface area contributed by atoms with Crippen LogP contribution in [0.5, 0.6) is 0 Å². The zero-order chi connectivity index (χ0) is 13.2. The first-order chi connectivity index (χ1) is 9.28. The molecule has 3 aromatic rings. The number of thiophene rings is 1. The molecule has 0 saturated carbocycles. The van der Waals surface area contributed by atoms with Gasteiger partial charge in [-0.2, -0.15) is 5.10 Å². The number of ether oxygens (including phenoxy) is 1. The van der Waals surface area contributed by atoms with Gasteiger partial charge in [0.15, 0.2) is 17.2 Å². The normalized spacial score (nSPS) is 10.8. The molecule has 0 amide bonds. The minimum Gasteiger partial charge on any atom is -0.464 e. The van der Waals surface area contributed by atoms with Crippen molar-refractivity contribution in [3.05, 3.63) is 52.1 Å². The lowest BCUT2D eigenvalue weighted by Gasteiger charge is -2.00. The Morgan fingerprint density at radius 1 is 1.37 bits per heavy atom. The topological polar surface area (TPSA) is 56.5 Å². The van der Waals surface area contributed by atoms with E-state index in [0.29, 0.717) is 23.6 Å². The molecule has 5 nitrogen and oxygen atoms in total. The van der Waals surface area contributed by atoms with Gasteiger partial charge in [-0.3, -0.25) is 0 Å². The summed E-state index contributed by atoms with van der Waals surface area (Å²) in [5.41, 5.74) is 1.03. The highest BCUT2D eigenvalue weighted by atomic mass is 32.1. The first-order valence-electron chi connectivity index (χ1n) is 5.73. The second-order valence-corrected chi connectivity index (χ2v) is 4.99. The second kappa shape index (κ2) is 4.81. The maximum Gasteiger partial charge on any atom is 0.356 e. The largest absolute Gasteiger partial charge is 0.464 e. The van der Waals surface area contributed by atoms with Gasteiger partial charge in [0.1, 0.15) is 0 Å². The minimum absolute atomic E-state index is 0.380. The van der Waals surface area contributed by atoms with Crippen molar-refractivity contribution in [2.24, 2.45) is 0 Å². The van der Waals surface area contributed by atoms with Crippen LogP contribution in [0.3, 0.4) is 0 Å². The summed E-state index contributed by atoms with van der Waals surface area (Å²) in [6, 6.07) is 9.29. The van der Waals surface area contributed by atoms with E-state index in [4.69, 9.17) is 4.74 Å². The molecule has 3 aromatic heterocycles. The number of aromatic nitrogens is 3. The molecule has 0 saturated heterocycles. The Bertz CT molecular complexity index is 719. The fourth-order valence-electron chi connectivity index (χ4n) is 1.85. The lowest BCUT2D eigenvalue weighted by atomic mass is 10.3. The molecular weight excluding hydrogens is 262 g/mol. The molecule has 19 heavy (non-hydrogen) atoms. The van der Waals surface area contributed by atoms with Crippen LogP contribution in [-0.4, -0.2) is 27.7 Å². The summed E-state index contributed by atoms with van der Waals surface area (Å²) >= 11 is 1.66. The number of hydrogen-bond acceptors (Lipinski definition) is 5. The molecule has 6 heteroatoms. The molecule has 0 bridgehead atoms. The summed E-state index contributed by atoms with van der Waals surface area (Å²) in [6.07, 6.45) is 0.667. The van der Waals surface area contributed by atoms with Crippen molar-refractivity contribution in [3.63, 3.8) is 0 Å². The van der Waals surface area contributed by atoms with E-state index < -0.39 is 5.97 Å². The van der Waals surface area contributed by atoms with E-state index in [1.165, 1.54) is 16.5 Å². The summed E-state index contributed by atoms with van der Waals surface area (Å²) in [7, 11) is 1.35. The van der Waals surface area contributed by atoms with Crippen LogP contribution in [0.1, 0.15) is 21.2 Å². The number of rotatable bonds is 3. The number of nitrogens with zero attached hydrogens (tertiary/aromatic N) is 3. The summed E-state index contributed by atoms with van der Waals surface area (Å²) in [4.78, 5) is 17.3. The highest BCUT2D eigenvalue weighted by Crippen LogP contribution is 2.14. The second-order valence-electron chi connectivity index (χ2n) is 3.96.